The van der Waals surface area contributed by atoms with E-state index in [9.17, 15) is 19.7 Å². The first-order valence-electron chi connectivity index (χ1n) is 8.98. The van der Waals surface area contributed by atoms with Gasteiger partial charge in [-0.25, -0.2) is 4.79 Å². The number of hydrogen-bond donors (Lipinski definition) is 1. The average molecular weight is 384 g/mol. The van der Waals surface area contributed by atoms with E-state index in [1.165, 1.54) is 32.0 Å². The fourth-order valence-corrected chi connectivity index (χ4v) is 2.84. The number of ether oxygens (including phenoxy) is 1. The number of esters is 1. The predicted molar refractivity (Wildman–Crippen MR) is 107 cm³/mol. The van der Waals surface area contributed by atoms with Crippen molar-refractivity contribution in [1.29, 1.82) is 0 Å². The number of carbonyl (C=O) groups excluding carboxylic acids is 2. The monoisotopic (exact) mass is 384 g/mol. The van der Waals surface area contributed by atoms with E-state index >= 15 is 0 Å². The van der Waals surface area contributed by atoms with Crippen molar-refractivity contribution in [2.24, 2.45) is 0 Å². The van der Waals surface area contributed by atoms with Gasteiger partial charge in [0, 0.05) is 17.3 Å². The van der Waals surface area contributed by atoms with Gasteiger partial charge in [0.2, 0.25) is 0 Å². The molecule has 2 rings (SSSR count). The Kier molecular flexibility index (Phi) is 6.51. The van der Waals surface area contributed by atoms with Crippen molar-refractivity contribution in [3.05, 3.63) is 68.8 Å². The van der Waals surface area contributed by atoms with E-state index in [4.69, 9.17) is 4.74 Å². The molecule has 0 spiro atoms. The molecule has 0 saturated carbocycles. The lowest BCUT2D eigenvalue weighted by Gasteiger charge is -2.19. The summed E-state index contributed by atoms with van der Waals surface area (Å²) in [6.45, 7) is 8.99. The Bertz CT molecular complexity index is 921. The van der Waals surface area contributed by atoms with Crippen LogP contribution in [0.4, 0.5) is 11.4 Å². The number of hydrogen-bond acceptors (Lipinski definition) is 5. The van der Waals surface area contributed by atoms with Gasteiger partial charge in [0.25, 0.3) is 11.6 Å². The van der Waals surface area contributed by atoms with Crippen molar-refractivity contribution in [1.82, 2.24) is 0 Å². The van der Waals surface area contributed by atoms with Crippen LogP contribution in [0.2, 0.25) is 0 Å². The summed E-state index contributed by atoms with van der Waals surface area (Å²) in [4.78, 5) is 35.2. The van der Waals surface area contributed by atoms with Crippen molar-refractivity contribution < 1.29 is 19.2 Å². The molecule has 0 heterocycles. The average Bonchev–Trinajstić information content (AvgIpc) is 2.62. The lowest BCUT2D eigenvalue weighted by atomic mass is 9.98. The maximum atomic E-state index is 12.5. The Morgan fingerprint density at radius 3 is 2.32 bits per heavy atom. The molecule has 2 aromatic rings. The molecule has 0 saturated heterocycles. The van der Waals surface area contributed by atoms with Crippen LogP contribution in [-0.4, -0.2) is 22.9 Å². The molecule has 1 unspecified atom stereocenters. The van der Waals surface area contributed by atoms with Gasteiger partial charge in [-0.1, -0.05) is 32.0 Å². The number of carbonyl (C=O) groups is 2. The third-order valence-corrected chi connectivity index (χ3v) is 4.46. The fourth-order valence-electron chi connectivity index (χ4n) is 2.84. The molecule has 0 aliphatic carbocycles. The van der Waals surface area contributed by atoms with Gasteiger partial charge in [-0.05, 0) is 49.9 Å². The molecular weight excluding hydrogens is 360 g/mol. The number of nitro benzene ring substituents is 1. The second-order valence-electron chi connectivity index (χ2n) is 6.99. The normalized spacial score (nSPS) is 11.8. The largest absolute Gasteiger partial charge is 0.449 e. The van der Waals surface area contributed by atoms with Crippen molar-refractivity contribution in [3.8, 4) is 0 Å². The second-order valence-corrected chi connectivity index (χ2v) is 6.99. The summed E-state index contributed by atoms with van der Waals surface area (Å²) in [6, 6.07) is 9.72. The molecule has 0 aromatic heterocycles. The summed E-state index contributed by atoms with van der Waals surface area (Å²) in [5.41, 5.74) is 3.06. The minimum atomic E-state index is -1.03. The molecule has 1 atom stereocenters. The summed E-state index contributed by atoms with van der Waals surface area (Å²) < 4.78 is 5.25. The number of amides is 1. The van der Waals surface area contributed by atoms with Crippen LogP contribution in [0.25, 0.3) is 0 Å². The van der Waals surface area contributed by atoms with Gasteiger partial charge in [0.1, 0.15) is 0 Å². The Labute approximate surface area is 163 Å². The predicted octanol–water partition coefficient (Wildman–Crippen LogP) is 4.52. The van der Waals surface area contributed by atoms with Gasteiger partial charge in [-0.2, -0.15) is 0 Å². The highest BCUT2D eigenvalue weighted by atomic mass is 16.6. The molecule has 0 bridgehead atoms. The highest BCUT2D eigenvalue weighted by molar-refractivity contribution is 5.98. The van der Waals surface area contributed by atoms with E-state index in [0.717, 1.165) is 16.8 Å². The number of rotatable bonds is 6. The molecule has 2 aromatic carbocycles. The number of nitrogens with zero attached hydrogens (tertiary/aromatic N) is 1. The Morgan fingerprint density at radius 2 is 1.75 bits per heavy atom. The number of benzene rings is 2. The maximum absolute atomic E-state index is 12.5. The number of nitro groups is 1. The van der Waals surface area contributed by atoms with Crippen molar-refractivity contribution in [3.63, 3.8) is 0 Å². The quantitative estimate of drug-likeness (QED) is 0.448. The van der Waals surface area contributed by atoms with E-state index < -0.39 is 22.9 Å². The fraction of sp³-hybridized carbons (Fsp3) is 0.333. The summed E-state index contributed by atoms with van der Waals surface area (Å²) in [7, 11) is 0. The second kappa shape index (κ2) is 8.65. The number of aryl methyl sites for hydroxylation is 2. The topological polar surface area (TPSA) is 98.5 Å². The van der Waals surface area contributed by atoms with Crippen molar-refractivity contribution in [2.45, 2.75) is 46.6 Å². The molecule has 1 amide bonds. The first-order chi connectivity index (χ1) is 13.1. The third-order valence-electron chi connectivity index (χ3n) is 4.46. The van der Waals surface area contributed by atoms with Crippen LogP contribution in [0.15, 0.2) is 36.4 Å². The zero-order valence-corrected chi connectivity index (χ0v) is 16.6. The van der Waals surface area contributed by atoms with Crippen LogP contribution >= 0.6 is 0 Å². The molecule has 0 radical (unpaired) electrons. The Balaban J connectivity index is 2.12. The molecule has 1 N–H and O–H groups in total. The van der Waals surface area contributed by atoms with Crippen molar-refractivity contribution in [2.75, 3.05) is 5.32 Å². The van der Waals surface area contributed by atoms with Crippen LogP contribution in [-0.2, 0) is 9.53 Å². The standard InChI is InChI=1S/C21H24N2O5/c1-12(2)17-8-6-7-13(3)19(17)22-20(24)15(5)28-21(25)16-9-10-18(23(26)27)14(4)11-16/h6-12,15H,1-5H3,(H,22,24). The molecular formula is C21H24N2O5. The number of para-hydroxylation sites is 1. The summed E-state index contributed by atoms with van der Waals surface area (Å²) >= 11 is 0. The third kappa shape index (κ3) is 4.73. The first-order valence-corrected chi connectivity index (χ1v) is 8.98. The van der Waals surface area contributed by atoms with Crippen LogP contribution in [0.5, 0.6) is 0 Å². The molecule has 148 valence electrons. The van der Waals surface area contributed by atoms with Gasteiger partial charge in [-0.3, -0.25) is 14.9 Å². The number of anilines is 1. The lowest BCUT2D eigenvalue weighted by Crippen LogP contribution is -2.30. The van der Waals surface area contributed by atoms with Gasteiger partial charge < -0.3 is 10.1 Å². The molecule has 0 aliphatic heterocycles. The van der Waals surface area contributed by atoms with Crippen LogP contribution < -0.4 is 5.32 Å². The molecule has 28 heavy (non-hydrogen) atoms. The summed E-state index contributed by atoms with van der Waals surface area (Å²) in [5, 5.41) is 13.7. The molecule has 0 fully saturated rings. The summed E-state index contributed by atoms with van der Waals surface area (Å²) in [6.07, 6.45) is -1.03. The summed E-state index contributed by atoms with van der Waals surface area (Å²) in [5.74, 6) is -0.936. The van der Waals surface area contributed by atoms with Crippen molar-refractivity contribution >= 4 is 23.3 Å². The van der Waals surface area contributed by atoms with E-state index in [1.54, 1.807) is 0 Å². The Hall–Kier alpha value is -3.22. The van der Waals surface area contributed by atoms with Crippen LogP contribution in [0, 0.1) is 24.0 Å². The minimum absolute atomic E-state index is 0.0805. The highest BCUT2D eigenvalue weighted by Crippen LogP contribution is 2.27. The lowest BCUT2D eigenvalue weighted by molar-refractivity contribution is -0.385. The van der Waals surface area contributed by atoms with Gasteiger partial charge >= 0.3 is 5.97 Å². The van der Waals surface area contributed by atoms with E-state index in [0.29, 0.717) is 5.56 Å². The molecule has 7 heteroatoms. The van der Waals surface area contributed by atoms with Gasteiger partial charge in [-0.15, -0.1) is 0 Å². The minimum Gasteiger partial charge on any atom is -0.449 e. The van der Waals surface area contributed by atoms with Crippen LogP contribution in [0.3, 0.4) is 0 Å². The van der Waals surface area contributed by atoms with Gasteiger partial charge in [0.05, 0.1) is 10.5 Å². The van der Waals surface area contributed by atoms with E-state index in [1.807, 2.05) is 39.0 Å². The van der Waals surface area contributed by atoms with Crippen LogP contribution in [0.1, 0.15) is 53.7 Å². The number of nitrogens with one attached hydrogen (secondary N) is 1. The smallest absolute Gasteiger partial charge is 0.338 e. The highest BCUT2D eigenvalue weighted by Gasteiger charge is 2.22. The van der Waals surface area contributed by atoms with E-state index in [-0.39, 0.29) is 17.2 Å². The first kappa shape index (κ1) is 21.1. The molecule has 0 aliphatic rings. The maximum Gasteiger partial charge on any atom is 0.338 e. The van der Waals surface area contributed by atoms with Gasteiger partial charge in [0.15, 0.2) is 6.10 Å². The zero-order chi connectivity index (χ0) is 21.0. The SMILES string of the molecule is Cc1cc(C(=O)OC(C)C(=O)Nc2c(C)cccc2C(C)C)ccc1[N+](=O)[O-]. The van der Waals surface area contributed by atoms with E-state index in [2.05, 4.69) is 5.32 Å². The Morgan fingerprint density at radius 1 is 1.07 bits per heavy atom. The molecule has 7 nitrogen and oxygen atoms in total. The zero-order valence-electron chi connectivity index (χ0n) is 16.6.